The average Bonchev–Trinajstić information content (AvgIpc) is 2.37. The van der Waals surface area contributed by atoms with Gasteiger partial charge in [0.25, 0.3) is 5.56 Å². The first-order valence-corrected chi connectivity index (χ1v) is 7.75. The van der Waals surface area contributed by atoms with Gasteiger partial charge in [0, 0.05) is 54.7 Å². The van der Waals surface area contributed by atoms with Gasteiger partial charge < -0.3 is 9.88 Å². The monoisotopic (exact) mass is 287 g/mol. The largest absolute Gasteiger partial charge is 0.330 e. The summed E-state index contributed by atoms with van der Waals surface area (Å²) in [6.07, 6.45) is 4.03. The van der Waals surface area contributed by atoms with E-state index in [1.807, 2.05) is 6.92 Å². The van der Waals surface area contributed by atoms with Gasteiger partial charge in [-0.15, -0.1) is 0 Å². The first-order chi connectivity index (χ1) is 8.84. The first kappa shape index (κ1) is 15.8. The zero-order valence-corrected chi connectivity index (χ0v) is 12.6. The number of aryl methyl sites for hydroxylation is 1. The van der Waals surface area contributed by atoms with Gasteiger partial charge in [-0.3, -0.25) is 13.6 Å². The molecule has 108 valence electrons. The zero-order valence-electron chi connectivity index (χ0n) is 11.8. The Hall–Kier alpha value is -1.21. The maximum absolute atomic E-state index is 11.8. The summed E-state index contributed by atoms with van der Waals surface area (Å²) in [4.78, 5) is 23.3. The van der Waals surface area contributed by atoms with Crippen molar-refractivity contribution in [3.05, 3.63) is 32.6 Å². The van der Waals surface area contributed by atoms with Crippen LogP contribution in [0.5, 0.6) is 0 Å². The van der Waals surface area contributed by atoms with Gasteiger partial charge in [0.1, 0.15) is 0 Å². The summed E-state index contributed by atoms with van der Waals surface area (Å²) in [5.41, 5.74) is -0.0543. The topological polar surface area (TPSA) is 73.1 Å². The van der Waals surface area contributed by atoms with Gasteiger partial charge in [-0.05, 0) is 13.0 Å². The number of nitrogens with one attached hydrogen (secondary N) is 1. The van der Waals surface area contributed by atoms with Crippen LogP contribution in [0, 0.1) is 0 Å². The van der Waals surface area contributed by atoms with Gasteiger partial charge in [-0.2, -0.15) is 0 Å². The molecule has 0 aliphatic rings. The van der Waals surface area contributed by atoms with Crippen molar-refractivity contribution in [2.75, 3.05) is 12.8 Å². The normalized spacial score (nSPS) is 14.3. The molecule has 1 aromatic heterocycles. The minimum Gasteiger partial charge on any atom is -0.312 e. The van der Waals surface area contributed by atoms with Crippen LogP contribution in [0.4, 0.5) is 0 Å². The molecule has 2 unspecified atom stereocenters. The molecule has 0 saturated carbocycles. The fourth-order valence-corrected chi connectivity index (χ4v) is 2.15. The van der Waals surface area contributed by atoms with Gasteiger partial charge in [0.2, 0.25) is 0 Å². The van der Waals surface area contributed by atoms with Crippen molar-refractivity contribution in [2.45, 2.75) is 25.1 Å². The molecule has 7 heteroatoms. The van der Waals surface area contributed by atoms with Crippen LogP contribution in [0.1, 0.15) is 18.9 Å². The second-order valence-electron chi connectivity index (χ2n) is 4.69. The van der Waals surface area contributed by atoms with E-state index in [2.05, 4.69) is 5.32 Å². The predicted molar refractivity (Wildman–Crippen MR) is 76.8 cm³/mol. The molecule has 0 saturated heterocycles. The Morgan fingerprint density at radius 3 is 2.58 bits per heavy atom. The number of rotatable bonds is 6. The molecule has 1 N–H and O–H groups in total. The SMILES string of the molecule is CC(CCNCc1cn(C)c(=O)n(C)c1=O)S(C)=O. The molecule has 0 aliphatic heterocycles. The van der Waals surface area contributed by atoms with Gasteiger partial charge in [0.05, 0.1) is 0 Å². The molecule has 1 aromatic rings. The van der Waals surface area contributed by atoms with Crippen molar-refractivity contribution in [3.8, 4) is 0 Å². The molecular formula is C12H21N3O3S. The number of hydrogen-bond donors (Lipinski definition) is 1. The Bertz CT molecular complexity index is 577. The molecule has 0 aromatic carbocycles. The molecule has 0 fully saturated rings. The molecule has 0 spiro atoms. The molecule has 19 heavy (non-hydrogen) atoms. The molecule has 2 atom stereocenters. The van der Waals surface area contributed by atoms with E-state index in [9.17, 15) is 13.8 Å². The number of hydrogen-bond acceptors (Lipinski definition) is 4. The van der Waals surface area contributed by atoms with Crippen molar-refractivity contribution in [1.82, 2.24) is 14.5 Å². The summed E-state index contributed by atoms with van der Waals surface area (Å²) >= 11 is 0. The average molecular weight is 287 g/mol. The highest BCUT2D eigenvalue weighted by Gasteiger charge is 2.08. The van der Waals surface area contributed by atoms with E-state index in [0.29, 0.717) is 18.7 Å². The van der Waals surface area contributed by atoms with Crippen LogP contribution in [0.3, 0.4) is 0 Å². The van der Waals surface area contributed by atoms with Crippen molar-refractivity contribution in [1.29, 1.82) is 0 Å². The van der Waals surface area contributed by atoms with Crippen LogP contribution in [-0.4, -0.2) is 31.4 Å². The third-order valence-corrected chi connectivity index (χ3v) is 4.50. The van der Waals surface area contributed by atoms with E-state index >= 15 is 0 Å². The summed E-state index contributed by atoms with van der Waals surface area (Å²) in [5, 5.41) is 3.27. The fraction of sp³-hybridized carbons (Fsp3) is 0.667. The molecule has 0 amide bonds. The fourth-order valence-electron chi connectivity index (χ4n) is 1.70. The smallest absolute Gasteiger partial charge is 0.312 e. The lowest BCUT2D eigenvalue weighted by Gasteiger charge is -2.10. The van der Waals surface area contributed by atoms with Crippen LogP contribution in [0.15, 0.2) is 15.8 Å². The van der Waals surface area contributed by atoms with Gasteiger partial charge in [0.15, 0.2) is 0 Å². The minimum atomic E-state index is -0.824. The summed E-state index contributed by atoms with van der Waals surface area (Å²) in [6, 6.07) is 0. The van der Waals surface area contributed by atoms with E-state index in [0.717, 1.165) is 11.0 Å². The molecule has 0 radical (unpaired) electrons. The Morgan fingerprint density at radius 2 is 2.00 bits per heavy atom. The quantitative estimate of drug-likeness (QED) is 0.704. The lowest BCUT2D eigenvalue weighted by atomic mass is 10.3. The highest BCUT2D eigenvalue weighted by molar-refractivity contribution is 7.84. The molecule has 1 rings (SSSR count). The second kappa shape index (κ2) is 6.81. The maximum atomic E-state index is 11.8. The number of aromatic nitrogens is 2. The molecule has 0 bridgehead atoms. The third kappa shape index (κ3) is 4.14. The number of nitrogens with zero attached hydrogens (tertiary/aromatic N) is 2. The van der Waals surface area contributed by atoms with E-state index in [1.165, 1.54) is 11.6 Å². The van der Waals surface area contributed by atoms with Crippen molar-refractivity contribution in [2.24, 2.45) is 14.1 Å². The summed E-state index contributed by atoms with van der Waals surface area (Å²) in [6.45, 7) is 3.03. The molecule has 1 heterocycles. The van der Waals surface area contributed by atoms with Gasteiger partial charge in [-0.25, -0.2) is 4.79 Å². The molecular weight excluding hydrogens is 266 g/mol. The Kier molecular flexibility index (Phi) is 5.68. The van der Waals surface area contributed by atoms with Gasteiger partial charge in [-0.1, -0.05) is 6.92 Å². The predicted octanol–water partition coefficient (Wildman–Crippen LogP) is -0.669. The van der Waals surface area contributed by atoms with Crippen molar-refractivity contribution >= 4 is 10.8 Å². The van der Waals surface area contributed by atoms with Crippen molar-refractivity contribution in [3.63, 3.8) is 0 Å². The minimum absolute atomic E-state index is 0.135. The van der Waals surface area contributed by atoms with Gasteiger partial charge >= 0.3 is 5.69 Å². The molecule has 0 aliphatic carbocycles. The van der Waals surface area contributed by atoms with Crippen LogP contribution >= 0.6 is 0 Å². The maximum Gasteiger partial charge on any atom is 0.330 e. The highest BCUT2D eigenvalue weighted by Crippen LogP contribution is 1.97. The van der Waals surface area contributed by atoms with Crippen LogP contribution in [-0.2, 0) is 31.4 Å². The van der Waals surface area contributed by atoms with E-state index < -0.39 is 10.8 Å². The van der Waals surface area contributed by atoms with E-state index in [4.69, 9.17) is 0 Å². The lowest BCUT2D eigenvalue weighted by molar-refractivity contribution is 0.607. The highest BCUT2D eigenvalue weighted by atomic mass is 32.2. The summed E-state index contributed by atoms with van der Waals surface area (Å²) < 4.78 is 13.7. The van der Waals surface area contributed by atoms with E-state index in [1.54, 1.807) is 19.5 Å². The standard InChI is InChI=1S/C12H21N3O3S/c1-9(19(4)18)5-6-13-7-10-8-14(2)12(17)15(3)11(10)16/h8-9,13H,5-7H2,1-4H3. The summed E-state index contributed by atoms with van der Waals surface area (Å²) in [5.74, 6) is 0. The summed E-state index contributed by atoms with van der Waals surface area (Å²) in [7, 11) is 2.26. The Balaban J connectivity index is 2.63. The molecule has 6 nitrogen and oxygen atoms in total. The van der Waals surface area contributed by atoms with Crippen molar-refractivity contribution < 1.29 is 4.21 Å². The third-order valence-electron chi connectivity index (χ3n) is 3.13. The Morgan fingerprint density at radius 1 is 1.37 bits per heavy atom. The lowest BCUT2D eigenvalue weighted by Crippen LogP contribution is -2.39. The van der Waals surface area contributed by atoms with Crippen LogP contribution < -0.4 is 16.6 Å². The first-order valence-electron chi connectivity index (χ1n) is 6.13. The van der Waals surface area contributed by atoms with Crippen LogP contribution in [0.25, 0.3) is 0 Å². The van der Waals surface area contributed by atoms with Crippen LogP contribution in [0.2, 0.25) is 0 Å². The zero-order chi connectivity index (χ0) is 14.6. The van der Waals surface area contributed by atoms with E-state index in [-0.39, 0.29) is 16.5 Å². The second-order valence-corrected chi connectivity index (χ2v) is 6.49. The Labute approximate surface area is 114 Å².